The minimum atomic E-state index is -0.202. The Bertz CT molecular complexity index is 2720. The van der Waals surface area contributed by atoms with Crippen molar-refractivity contribution in [2.45, 2.75) is 19.0 Å². The van der Waals surface area contributed by atoms with Gasteiger partial charge in [0.2, 0.25) is 5.89 Å². The Hall–Kier alpha value is -6.79. The standard InChI is InChI=1S/C46H33N5O/c1-3-12-32(13-4-1)43-48-44(33-14-5-2-6-15-33)50-45(49-43)34-24-22-30(23-25-34)31-26-28-35(29-27-31)51-40-20-9-7-16-36(40)37-17-11-18-38(42(37)51)46-47-39-19-8-10-21-41(39)52-46/h1-22,24,26-29,43H,23,25H2,(H,48,49,50). The molecule has 3 heterocycles. The summed E-state index contributed by atoms with van der Waals surface area (Å²) in [5.74, 6) is 2.25. The predicted molar refractivity (Wildman–Crippen MR) is 212 cm³/mol. The lowest BCUT2D eigenvalue weighted by molar-refractivity contribution is 0.620. The summed E-state index contributed by atoms with van der Waals surface area (Å²) in [6.07, 6.45) is 6.05. The van der Waals surface area contributed by atoms with Crippen LogP contribution in [0.25, 0.3) is 55.6 Å². The monoisotopic (exact) mass is 671 g/mol. The van der Waals surface area contributed by atoms with Crippen LogP contribution in [0.5, 0.6) is 0 Å². The number of rotatable bonds is 6. The van der Waals surface area contributed by atoms with Crippen molar-refractivity contribution in [3.63, 3.8) is 0 Å². The van der Waals surface area contributed by atoms with Crippen molar-refractivity contribution in [1.82, 2.24) is 14.9 Å². The number of para-hydroxylation sites is 4. The largest absolute Gasteiger partial charge is 0.436 e. The van der Waals surface area contributed by atoms with Crippen molar-refractivity contribution in [2.75, 3.05) is 0 Å². The molecule has 1 aliphatic carbocycles. The van der Waals surface area contributed by atoms with E-state index in [0.29, 0.717) is 5.89 Å². The maximum atomic E-state index is 6.30. The minimum Gasteiger partial charge on any atom is -0.436 e. The molecule has 2 aromatic heterocycles. The Morgan fingerprint density at radius 3 is 2.13 bits per heavy atom. The normalized spacial score (nSPS) is 16.0. The summed E-state index contributed by atoms with van der Waals surface area (Å²) in [5.41, 5.74) is 11.7. The maximum absolute atomic E-state index is 6.30. The lowest BCUT2D eigenvalue weighted by atomic mass is 9.92. The van der Waals surface area contributed by atoms with Gasteiger partial charge in [0, 0.05) is 22.0 Å². The van der Waals surface area contributed by atoms with E-state index < -0.39 is 0 Å². The van der Waals surface area contributed by atoms with Gasteiger partial charge in [-0.15, -0.1) is 0 Å². The number of nitrogens with one attached hydrogen (secondary N) is 1. The molecule has 1 N–H and O–H groups in total. The Balaban J connectivity index is 0.998. The van der Waals surface area contributed by atoms with Gasteiger partial charge in [-0.2, -0.15) is 0 Å². The highest BCUT2D eigenvalue weighted by Crippen LogP contribution is 2.39. The van der Waals surface area contributed by atoms with Crippen molar-refractivity contribution < 1.29 is 4.42 Å². The highest BCUT2D eigenvalue weighted by atomic mass is 16.3. The Morgan fingerprint density at radius 2 is 1.33 bits per heavy atom. The zero-order valence-corrected chi connectivity index (χ0v) is 28.3. The molecule has 6 nitrogen and oxygen atoms in total. The summed E-state index contributed by atoms with van der Waals surface area (Å²) in [4.78, 5) is 14.9. The molecule has 0 spiro atoms. The number of aliphatic imine (C=N–C) groups is 2. The fourth-order valence-electron chi connectivity index (χ4n) is 7.48. The van der Waals surface area contributed by atoms with Crippen molar-refractivity contribution in [3.05, 3.63) is 186 Å². The summed E-state index contributed by atoms with van der Waals surface area (Å²) in [7, 11) is 0. The smallest absolute Gasteiger partial charge is 0.229 e. The molecule has 10 rings (SSSR count). The molecule has 248 valence electrons. The minimum absolute atomic E-state index is 0.202. The first-order chi connectivity index (χ1) is 25.8. The molecule has 0 saturated carbocycles. The molecule has 0 bridgehead atoms. The van der Waals surface area contributed by atoms with Gasteiger partial charge in [0.25, 0.3) is 0 Å². The lowest BCUT2D eigenvalue weighted by Crippen LogP contribution is -2.34. The van der Waals surface area contributed by atoms with E-state index in [1.165, 1.54) is 27.5 Å². The molecule has 1 aliphatic heterocycles. The first kappa shape index (κ1) is 30.1. The van der Waals surface area contributed by atoms with Crippen LogP contribution in [0.3, 0.4) is 0 Å². The molecule has 0 saturated heterocycles. The van der Waals surface area contributed by atoms with Crippen LogP contribution in [-0.4, -0.2) is 21.2 Å². The van der Waals surface area contributed by atoms with Gasteiger partial charge in [-0.05, 0) is 71.5 Å². The third-order valence-corrected chi connectivity index (χ3v) is 10.1. The predicted octanol–water partition coefficient (Wildman–Crippen LogP) is 10.8. The van der Waals surface area contributed by atoms with Crippen LogP contribution in [0.15, 0.2) is 184 Å². The van der Waals surface area contributed by atoms with Crippen LogP contribution < -0.4 is 5.32 Å². The van der Waals surface area contributed by atoms with E-state index in [9.17, 15) is 0 Å². The zero-order valence-electron chi connectivity index (χ0n) is 28.3. The van der Waals surface area contributed by atoms with Gasteiger partial charge in [0.1, 0.15) is 17.5 Å². The van der Waals surface area contributed by atoms with Crippen molar-refractivity contribution in [1.29, 1.82) is 0 Å². The van der Waals surface area contributed by atoms with Gasteiger partial charge < -0.3 is 14.3 Å². The Kier molecular flexibility index (Phi) is 7.24. The average Bonchev–Trinajstić information content (AvgIpc) is 3.81. The molecule has 2 aliphatic rings. The second-order valence-corrected chi connectivity index (χ2v) is 13.2. The number of hydrogen-bond acceptors (Lipinski definition) is 5. The maximum Gasteiger partial charge on any atom is 0.229 e. The van der Waals surface area contributed by atoms with Crippen molar-refractivity contribution in [2.24, 2.45) is 9.98 Å². The molecule has 1 unspecified atom stereocenters. The molecule has 6 heteroatoms. The fraction of sp³-hybridized carbons (Fsp3) is 0.0652. The summed E-state index contributed by atoms with van der Waals surface area (Å²) < 4.78 is 8.64. The molecule has 0 amide bonds. The highest BCUT2D eigenvalue weighted by molar-refractivity contribution is 6.14. The Labute approximate surface area is 300 Å². The van der Waals surface area contributed by atoms with E-state index in [0.717, 1.165) is 69.0 Å². The third-order valence-electron chi connectivity index (χ3n) is 10.1. The molecule has 0 fully saturated rings. The summed E-state index contributed by atoms with van der Waals surface area (Å²) in [5, 5.41) is 5.98. The SMILES string of the molecule is C1=C(C2=NC(c3ccccc3)=NC(c3ccccc3)N2)CCC(c2ccc(-n3c4ccccc4c4cccc(-c5nc6ccccc6o5)c43)cc2)=C1. The number of nitrogens with zero attached hydrogens (tertiary/aromatic N) is 4. The lowest BCUT2D eigenvalue weighted by Gasteiger charge is -2.26. The van der Waals surface area contributed by atoms with E-state index in [4.69, 9.17) is 19.4 Å². The van der Waals surface area contributed by atoms with Crippen molar-refractivity contribution >= 4 is 50.1 Å². The van der Waals surface area contributed by atoms with Gasteiger partial charge >= 0.3 is 0 Å². The molecule has 6 aromatic carbocycles. The molecular weight excluding hydrogens is 639 g/mol. The number of amidine groups is 2. The molecule has 52 heavy (non-hydrogen) atoms. The second-order valence-electron chi connectivity index (χ2n) is 13.2. The van der Waals surface area contributed by atoms with Crippen LogP contribution in [0.2, 0.25) is 0 Å². The number of aromatic nitrogens is 2. The number of oxazole rings is 1. The van der Waals surface area contributed by atoms with E-state index in [2.05, 4.69) is 125 Å². The summed E-state index contributed by atoms with van der Waals surface area (Å²) in [6, 6.07) is 52.4. The van der Waals surface area contributed by atoms with Gasteiger partial charge in [-0.25, -0.2) is 15.0 Å². The van der Waals surface area contributed by atoms with Crippen molar-refractivity contribution in [3.8, 4) is 17.1 Å². The van der Waals surface area contributed by atoms with Gasteiger partial charge in [-0.3, -0.25) is 0 Å². The number of hydrogen-bond donors (Lipinski definition) is 1. The summed E-state index contributed by atoms with van der Waals surface area (Å²) >= 11 is 0. The van der Waals surface area contributed by atoms with Crippen LogP contribution in [0, 0.1) is 0 Å². The Morgan fingerprint density at radius 1 is 0.615 bits per heavy atom. The average molecular weight is 672 g/mol. The summed E-state index contributed by atoms with van der Waals surface area (Å²) in [6.45, 7) is 0. The third kappa shape index (κ3) is 5.24. The highest BCUT2D eigenvalue weighted by Gasteiger charge is 2.24. The zero-order chi connectivity index (χ0) is 34.4. The van der Waals surface area contributed by atoms with Crippen LogP contribution in [0.1, 0.15) is 35.7 Å². The number of allylic oxidation sites excluding steroid dienone is 3. The van der Waals surface area contributed by atoms with E-state index in [1.54, 1.807) is 0 Å². The van der Waals surface area contributed by atoms with Crippen LogP contribution in [-0.2, 0) is 0 Å². The number of fused-ring (bicyclic) bond motifs is 4. The topological polar surface area (TPSA) is 67.7 Å². The molecular formula is C46H33N5O. The second kappa shape index (κ2) is 12.5. The first-order valence-electron chi connectivity index (χ1n) is 17.7. The first-order valence-corrected chi connectivity index (χ1v) is 17.7. The number of benzene rings is 6. The van der Waals surface area contributed by atoms with E-state index in [1.807, 2.05) is 48.5 Å². The molecule has 0 radical (unpaired) electrons. The van der Waals surface area contributed by atoms with Gasteiger partial charge in [-0.1, -0.05) is 127 Å². The molecule has 1 atom stereocenters. The molecule has 8 aromatic rings. The fourth-order valence-corrected chi connectivity index (χ4v) is 7.48. The van der Waals surface area contributed by atoms with Gasteiger partial charge in [0.05, 0.1) is 16.6 Å². The van der Waals surface area contributed by atoms with Crippen LogP contribution in [0.4, 0.5) is 0 Å². The quantitative estimate of drug-likeness (QED) is 0.191. The van der Waals surface area contributed by atoms with Crippen LogP contribution >= 0.6 is 0 Å². The van der Waals surface area contributed by atoms with E-state index in [-0.39, 0.29) is 6.17 Å². The van der Waals surface area contributed by atoms with Gasteiger partial charge in [0.15, 0.2) is 11.4 Å². The van der Waals surface area contributed by atoms with E-state index >= 15 is 0 Å².